The second kappa shape index (κ2) is 9.99. The van der Waals surface area contributed by atoms with Crippen LogP contribution < -0.4 is 4.74 Å². The molecular weight excluding hydrogens is 599 g/mol. The molecule has 2 aliphatic rings. The first-order valence-corrected chi connectivity index (χ1v) is 15.4. The predicted octanol–water partition coefficient (Wildman–Crippen LogP) is 5.12. The normalized spacial score (nSPS) is 18.4. The number of carboxylic acids is 1. The predicted molar refractivity (Wildman–Crippen MR) is 152 cm³/mol. The third-order valence-corrected chi connectivity index (χ3v) is 10.5. The summed E-state index contributed by atoms with van der Waals surface area (Å²) in [5.74, 6) is -3.05. The van der Waals surface area contributed by atoms with Crippen molar-refractivity contribution in [2.75, 3.05) is 6.54 Å². The Kier molecular flexibility index (Phi) is 6.81. The van der Waals surface area contributed by atoms with Gasteiger partial charge in [-0.05, 0) is 86.6 Å². The number of carbonyl (C=O) groups is 1. The number of hydrogen-bond donors (Lipinski definition) is 1. The number of carboxylic acid groups (broad SMARTS) is 1. The largest absolute Gasteiger partial charge is 0.481 e. The maximum Gasteiger partial charge on any atom is 0.452 e. The molecule has 44 heavy (non-hydrogen) atoms. The lowest BCUT2D eigenvalue weighted by molar-refractivity contribution is -0.147. The van der Waals surface area contributed by atoms with Crippen molar-refractivity contribution in [3.8, 4) is 5.88 Å². The number of aromatic nitrogens is 4. The molecule has 14 heteroatoms. The molecule has 1 aromatic carbocycles. The lowest BCUT2D eigenvalue weighted by atomic mass is 9.70. The highest BCUT2D eigenvalue weighted by Gasteiger charge is 2.52. The van der Waals surface area contributed by atoms with E-state index in [1.54, 1.807) is 45.0 Å². The molecule has 1 saturated carbocycles. The van der Waals surface area contributed by atoms with Crippen molar-refractivity contribution in [1.82, 2.24) is 23.9 Å². The summed E-state index contributed by atoms with van der Waals surface area (Å²) in [6.45, 7) is 6.65. The number of ether oxygens (including phenoxy) is 1. The third-order valence-electron chi connectivity index (χ3n) is 8.70. The van der Waals surface area contributed by atoms with Gasteiger partial charge in [0.25, 0.3) is 0 Å². The minimum absolute atomic E-state index is 0.00118. The zero-order chi connectivity index (χ0) is 31.8. The molecule has 0 amide bonds. The molecule has 1 atom stereocenters. The zero-order valence-corrected chi connectivity index (χ0v) is 25.2. The summed E-state index contributed by atoms with van der Waals surface area (Å²) in [6, 6.07) is 9.82. The molecule has 0 bridgehead atoms. The molecule has 1 aliphatic carbocycles. The molecular formula is C30H30F3N5O5S. The molecule has 6 rings (SSSR count). The van der Waals surface area contributed by atoms with E-state index in [1.165, 1.54) is 28.8 Å². The monoisotopic (exact) mass is 629 g/mol. The fourth-order valence-electron chi connectivity index (χ4n) is 5.92. The van der Waals surface area contributed by atoms with Gasteiger partial charge in [-0.25, -0.2) is 13.4 Å². The molecule has 4 aromatic rings. The van der Waals surface area contributed by atoms with Crippen LogP contribution in [0, 0.1) is 19.3 Å². The average Bonchev–Trinajstić information content (AvgIpc) is 3.55. The summed E-state index contributed by atoms with van der Waals surface area (Å²) in [5, 5.41) is 17.4. The molecule has 232 valence electrons. The molecule has 10 nitrogen and oxygen atoms in total. The van der Waals surface area contributed by atoms with Gasteiger partial charge in [0.1, 0.15) is 10.5 Å². The number of pyridine rings is 2. The van der Waals surface area contributed by atoms with Gasteiger partial charge in [-0.2, -0.15) is 17.5 Å². The van der Waals surface area contributed by atoms with Crippen LogP contribution in [0.2, 0.25) is 0 Å². The standard InChI is InChI=1S/C30H30F3N5O5S/c1-17-7-8-19(14-20(17)15-37-16-29(10-11-29)43-25-22(44(37,41)42)6-5-12-34-25)23(28(3,4)27(39)40)21-9-13-38-24(18(21)2)35-36-26(38)30(31,32)33/h5-9,12-14,23H,10-11,15-16H2,1-4H3,(H,39,40)/t23-/m0/s1. The molecule has 1 fully saturated rings. The fraction of sp³-hybridized carbons (Fsp3) is 0.400. The van der Waals surface area contributed by atoms with Gasteiger partial charge < -0.3 is 9.84 Å². The number of alkyl halides is 3. The minimum Gasteiger partial charge on any atom is -0.481 e. The topological polar surface area (TPSA) is 127 Å². The van der Waals surface area contributed by atoms with E-state index in [0.29, 0.717) is 35.1 Å². The SMILES string of the molecule is Cc1ccc([C@@H](c2ccn3c(C(F)(F)F)nnc3c2C)C(C)(C)C(=O)O)cc1CN1CC2(CC2)Oc2ncccc2S1(=O)=O. The second-order valence-electron chi connectivity index (χ2n) is 12.1. The maximum absolute atomic E-state index is 13.8. The minimum atomic E-state index is -4.73. The van der Waals surface area contributed by atoms with Crippen LogP contribution in [0.1, 0.15) is 66.2 Å². The number of hydrogen-bond acceptors (Lipinski definition) is 7. The number of aliphatic carboxylic acids is 1. The van der Waals surface area contributed by atoms with Crippen molar-refractivity contribution in [3.05, 3.63) is 82.4 Å². The van der Waals surface area contributed by atoms with Crippen molar-refractivity contribution >= 4 is 21.6 Å². The Morgan fingerprint density at radius 2 is 1.86 bits per heavy atom. The smallest absolute Gasteiger partial charge is 0.452 e. The Labute approximate surface area is 251 Å². The molecule has 1 spiro atoms. The van der Waals surface area contributed by atoms with Crippen LogP contribution in [-0.4, -0.2) is 55.5 Å². The van der Waals surface area contributed by atoms with Gasteiger partial charge >= 0.3 is 12.1 Å². The molecule has 1 N–H and O–H groups in total. The molecule has 4 heterocycles. The van der Waals surface area contributed by atoms with E-state index in [1.807, 2.05) is 6.92 Å². The number of sulfonamides is 1. The molecule has 3 aromatic heterocycles. The highest BCUT2D eigenvalue weighted by Crippen LogP contribution is 2.47. The van der Waals surface area contributed by atoms with E-state index in [2.05, 4.69) is 15.2 Å². The lowest BCUT2D eigenvalue weighted by Gasteiger charge is -2.33. The van der Waals surface area contributed by atoms with Gasteiger partial charge in [0.2, 0.25) is 21.7 Å². The van der Waals surface area contributed by atoms with E-state index in [-0.39, 0.29) is 29.5 Å². The van der Waals surface area contributed by atoms with Crippen LogP contribution in [0.25, 0.3) is 5.65 Å². The number of nitrogens with zero attached hydrogens (tertiary/aromatic N) is 5. The van der Waals surface area contributed by atoms with Gasteiger partial charge in [-0.15, -0.1) is 10.2 Å². The fourth-order valence-corrected chi connectivity index (χ4v) is 7.47. The molecule has 0 saturated heterocycles. The van der Waals surface area contributed by atoms with Crippen LogP contribution in [0.4, 0.5) is 13.2 Å². The second-order valence-corrected chi connectivity index (χ2v) is 14.0. The van der Waals surface area contributed by atoms with Gasteiger partial charge in [0.15, 0.2) is 5.65 Å². The first-order chi connectivity index (χ1) is 20.5. The molecule has 1 aliphatic heterocycles. The van der Waals surface area contributed by atoms with Crippen molar-refractivity contribution in [2.45, 2.75) is 69.7 Å². The Morgan fingerprint density at radius 1 is 1.14 bits per heavy atom. The first kappa shape index (κ1) is 30.0. The summed E-state index contributed by atoms with van der Waals surface area (Å²) in [5.41, 5.74) is 0.702. The lowest BCUT2D eigenvalue weighted by Crippen LogP contribution is -2.38. The number of halogens is 3. The average molecular weight is 630 g/mol. The van der Waals surface area contributed by atoms with E-state index in [0.717, 1.165) is 9.96 Å². The summed E-state index contributed by atoms with van der Waals surface area (Å²) in [6.07, 6.45) is -0.675. The quantitative estimate of drug-likeness (QED) is 0.312. The highest BCUT2D eigenvalue weighted by atomic mass is 32.2. The van der Waals surface area contributed by atoms with Crippen LogP contribution >= 0.6 is 0 Å². The van der Waals surface area contributed by atoms with Crippen LogP contribution in [0.15, 0.2) is 53.7 Å². The zero-order valence-electron chi connectivity index (χ0n) is 24.4. The summed E-state index contributed by atoms with van der Waals surface area (Å²) in [4.78, 5) is 16.8. The number of benzene rings is 1. The van der Waals surface area contributed by atoms with E-state index in [9.17, 15) is 31.5 Å². The van der Waals surface area contributed by atoms with Gasteiger partial charge in [-0.3, -0.25) is 9.20 Å². The highest BCUT2D eigenvalue weighted by molar-refractivity contribution is 7.89. The van der Waals surface area contributed by atoms with Crippen molar-refractivity contribution in [1.29, 1.82) is 0 Å². The van der Waals surface area contributed by atoms with Crippen LogP contribution in [0.3, 0.4) is 0 Å². The van der Waals surface area contributed by atoms with E-state index in [4.69, 9.17) is 4.74 Å². The Balaban J connectivity index is 1.45. The van der Waals surface area contributed by atoms with Crippen molar-refractivity contribution in [3.63, 3.8) is 0 Å². The van der Waals surface area contributed by atoms with Crippen LogP contribution in [-0.2, 0) is 27.5 Å². The Bertz CT molecular complexity index is 1920. The number of fused-ring (bicyclic) bond motifs is 2. The summed E-state index contributed by atoms with van der Waals surface area (Å²) in [7, 11) is -3.99. The Morgan fingerprint density at radius 3 is 2.52 bits per heavy atom. The van der Waals surface area contributed by atoms with Crippen molar-refractivity contribution in [2.24, 2.45) is 5.41 Å². The number of aryl methyl sites for hydroxylation is 2. The van der Waals surface area contributed by atoms with Gasteiger partial charge in [0.05, 0.1) is 12.0 Å². The van der Waals surface area contributed by atoms with Gasteiger partial charge in [0, 0.05) is 24.9 Å². The van der Waals surface area contributed by atoms with E-state index < -0.39 is 44.9 Å². The first-order valence-electron chi connectivity index (χ1n) is 13.9. The number of rotatable bonds is 6. The van der Waals surface area contributed by atoms with Crippen molar-refractivity contribution < 1.29 is 36.2 Å². The maximum atomic E-state index is 13.8. The van der Waals surface area contributed by atoms with Gasteiger partial charge in [-0.1, -0.05) is 18.2 Å². The summed E-state index contributed by atoms with van der Waals surface area (Å²) < 4.78 is 76.5. The van der Waals surface area contributed by atoms with Crippen LogP contribution in [0.5, 0.6) is 5.88 Å². The third kappa shape index (κ3) is 4.89. The molecule has 0 radical (unpaired) electrons. The molecule has 0 unspecified atom stereocenters. The van der Waals surface area contributed by atoms with E-state index >= 15 is 0 Å². The summed E-state index contributed by atoms with van der Waals surface area (Å²) >= 11 is 0. The Hall–Kier alpha value is -4.04.